The Balaban J connectivity index is 3.07. The number of nitro groups is 1. The van der Waals surface area contributed by atoms with Gasteiger partial charge in [0, 0.05) is 12.3 Å². The van der Waals surface area contributed by atoms with Crippen molar-refractivity contribution in [2.45, 2.75) is 0 Å². The molecule has 0 radical (unpaired) electrons. The lowest BCUT2D eigenvalue weighted by atomic mass is 10.1. The van der Waals surface area contributed by atoms with Gasteiger partial charge >= 0.3 is 5.69 Å². The molecule has 0 atom stereocenters. The minimum Gasteiger partial charge on any atom is -0.502 e. The molecule has 1 aromatic rings. The fraction of sp³-hybridized carbons (Fsp3) is 0. The number of carbonyl (C=O) groups is 1. The Morgan fingerprint density at radius 2 is 2.12 bits per heavy atom. The van der Waals surface area contributed by atoms with E-state index in [0.29, 0.717) is 0 Å². The molecule has 2 N–H and O–H groups in total. The highest BCUT2D eigenvalue weighted by Crippen LogP contribution is 2.29. The number of nitrogens with one attached hydrogen (secondary N) is 1. The summed E-state index contributed by atoms with van der Waals surface area (Å²) in [6.07, 6.45) is 0.990. The molecule has 0 saturated heterocycles. The van der Waals surface area contributed by atoms with Crippen LogP contribution in [-0.4, -0.2) is 15.9 Å². The summed E-state index contributed by atoms with van der Waals surface area (Å²) in [6.45, 7) is 0. The lowest BCUT2D eigenvalue weighted by Crippen LogP contribution is -2.17. The number of hydrogen-bond acceptors (Lipinski definition) is 4. The van der Waals surface area contributed by atoms with Crippen LogP contribution < -0.4 is 5.32 Å². The average molecular weight is 277 g/mol. The third-order valence-corrected chi connectivity index (χ3v) is 1.99. The standard InChI is InChI=1S/C9H6Cl2N2O4/c10-7(11)4-12-9(15)5-2-1-3-6(8(5)14)13(16)17/h1-4,14H,(H,12,15). The predicted octanol–water partition coefficient (Wildman–Crippen LogP) is 2.31. The normalized spacial score (nSPS) is 9.53. The van der Waals surface area contributed by atoms with E-state index in [4.69, 9.17) is 23.2 Å². The lowest BCUT2D eigenvalue weighted by molar-refractivity contribution is -0.385. The number of hydrogen-bond donors (Lipinski definition) is 2. The zero-order valence-corrected chi connectivity index (χ0v) is 9.70. The number of halogens is 2. The van der Waals surface area contributed by atoms with Gasteiger partial charge in [-0.1, -0.05) is 29.3 Å². The first-order chi connectivity index (χ1) is 7.93. The van der Waals surface area contributed by atoms with Gasteiger partial charge in [-0.15, -0.1) is 0 Å². The fourth-order valence-electron chi connectivity index (χ4n) is 1.06. The molecule has 1 amide bonds. The van der Waals surface area contributed by atoms with Gasteiger partial charge in [0.1, 0.15) is 4.49 Å². The lowest BCUT2D eigenvalue weighted by Gasteiger charge is -2.03. The molecule has 0 fully saturated rings. The highest BCUT2D eigenvalue weighted by molar-refractivity contribution is 6.55. The van der Waals surface area contributed by atoms with Crippen molar-refractivity contribution in [2.75, 3.05) is 0 Å². The maximum Gasteiger partial charge on any atom is 0.311 e. The van der Waals surface area contributed by atoms with Crippen LogP contribution in [0.5, 0.6) is 5.75 Å². The van der Waals surface area contributed by atoms with Gasteiger partial charge in [0.2, 0.25) is 5.75 Å². The summed E-state index contributed by atoms with van der Waals surface area (Å²) in [5.74, 6) is -1.47. The number of phenols is 1. The van der Waals surface area contributed by atoms with Crippen LogP contribution in [0, 0.1) is 10.1 Å². The van der Waals surface area contributed by atoms with E-state index in [-0.39, 0.29) is 10.1 Å². The van der Waals surface area contributed by atoms with Crippen LogP contribution in [-0.2, 0) is 0 Å². The molecule has 0 saturated carbocycles. The maximum atomic E-state index is 11.5. The predicted molar refractivity (Wildman–Crippen MR) is 62.0 cm³/mol. The molecule has 90 valence electrons. The Morgan fingerprint density at radius 1 is 1.47 bits per heavy atom. The number of para-hydroxylation sites is 1. The highest BCUT2D eigenvalue weighted by atomic mass is 35.5. The van der Waals surface area contributed by atoms with Crippen molar-refractivity contribution >= 4 is 34.8 Å². The second-order valence-corrected chi connectivity index (χ2v) is 3.85. The summed E-state index contributed by atoms with van der Waals surface area (Å²) in [5, 5.41) is 22.2. The molecule has 0 bridgehead atoms. The van der Waals surface area contributed by atoms with Crippen molar-refractivity contribution in [3.05, 3.63) is 44.6 Å². The summed E-state index contributed by atoms with van der Waals surface area (Å²) in [4.78, 5) is 21.2. The van der Waals surface area contributed by atoms with E-state index in [9.17, 15) is 20.0 Å². The molecular weight excluding hydrogens is 271 g/mol. The van der Waals surface area contributed by atoms with E-state index in [1.165, 1.54) is 12.1 Å². The van der Waals surface area contributed by atoms with Crippen LogP contribution in [0.25, 0.3) is 0 Å². The van der Waals surface area contributed by atoms with E-state index in [1.807, 2.05) is 0 Å². The molecule has 8 heteroatoms. The third-order valence-electron chi connectivity index (χ3n) is 1.77. The van der Waals surface area contributed by atoms with Crippen molar-refractivity contribution < 1.29 is 14.8 Å². The smallest absolute Gasteiger partial charge is 0.311 e. The minimum atomic E-state index is -0.795. The molecule has 0 aromatic heterocycles. The zero-order chi connectivity index (χ0) is 13.0. The van der Waals surface area contributed by atoms with Crippen LogP contribution in [0.3, 0.4) is 0 Å². The largest absolute Gasteiger partial charge is 0.502 e. The Morgan fingerprint density at radius 3 is 2.65 bits per heavy atom. The van der Waals surface area contributed by atoms with Crippen LogP contribution in [0.4, 0.5) is 5.69 Å². The number of nitro benzene ring substituents is 1. The van der Waals surface area contributed by atoms with Crippen molar-refractivity contribution in [1.29, 1.82) is 0 Å². The Bertz CT molecular complexity index is 498. The van der Waals surface area contributed by atoms with E-state index < -0.39 is 22.3 Å². The molecule has 0 aliphatic heterocycles. The molecule has 0 heterocycles. The Hall–Kier alpha value is -1.79. The van der Waals surface area contributed by atoms with Crippen LogP contribution in [0.1, 0.15) is 10.4 Å². The molecule has 0 unspecified atom stereocenters. The molecule has 17 heavy (non-hydrogen) atoms. The number of benzene rings is 1. The number of amides is 1. The van der Waals surface area contributed by atoms with Gasteiger partial charge < -0.3 is 10.4 Å². The van der Waals surface area contributed by atoms with Gasteiger partial charge in [-0.3, -0.25) is 14.9 Å². The number of carbonyl (C=O) groups excluding carboxylic acids is 1. The van der Waals surface area contributed by atoms with Crippen molar-refractivity contribution in [2.24, 2.45) is 0 Å². The van der Waals surface area contributed by atoms with Crippen LogP contribution in [0.15, 0.2) is 28.9 Å². The average Bonchev–Trinajstić information content (AvgIpc) is 2.25. The summed E-state index contributed by atoms with van der Waals surface area (Å²) in [6, 6.07) is 3.59. The minimum absolute atomic E-state index is 0.191. The van der Waals surface area contributed by atoms with Crippen molar-refractivity contribution in [1.82, 2.24) is 5.32 Å². The first kappa shape index (κ1) is 13.3. The summed E-state index contributed by atoms with van der Waals surface area (Å²) < 4.78 is -0.191. The number of aromatic hydroxyl groups is 1. The summed E-state index contributed by atoms with van der Waals surface area (Å²) in [7, 11) is 0. The van der Waals surface area contributed by atoms with Gasteiger partial charge in [-0.05, 0) is 6.07 Å². The third kappa shape index (κ3) is 3.33. The number of phenolic OH excluding ortho intramolecular Hbond substituents is 1. The zero-order valence-electron chi connectivity index (χ0n) is 8.18. The molecular formula is C9H6Cl2N2O4. The molecule has 0 aliphatic carbocycles. The van der Waals surface area contributed by atoms with Gasteiger partial charge in [0.25, 0.3) is 5.91 Å². The number of rotatable bonds is 3. The Labute approximate surface area is 106 Å². The van der Waals surface area contributed by atoms with E-state index in [1.54, 1.807) is 0 Å². The van der Waals surface area contributed by atoms with Crippen LogP contribution in [0.2, 0.25) is 0 Å². The summed E-state index contributed by atoms with van der Waals surface area (Å²) in [5.41, 5.74) is -0.802. The first-order valence-corrected chi connectivity index (χ1v) is 4.97. The van der Waals surface area contributed by atoms with Gasteiger partial charge in [-0.2, -0.15) is 0 Å². The molecule has 0 aliphatic rings. The van der Waals surface area contributed by atoms with Crippen molar-refractivity contribution in [3.63, 3.8) is 0 Å². The van der Waals surface area contributed by atoms with Crippen LogP contribution >= 0.6 is 23.2 Å². The molecule has 6 nitrogen and oxygen atoms in total. The topological polar surface area (TPSA) is 92.5 Å². The van der Waals surface area contributed by atoms with E-state index in [0.717, 1.165) is 12.3 Å². The Kier molecular flexibility index (Phi) is 4.30. The van der Waals surface area contributed by atoms with Gasteiger partial charge in [0.05, 0.1) is 10.5 Å². The fourth-order valence-corrected chi connectivity index (χ4v) is 1.17. The second kappa shape index (κ2) is 5.51. The monoisotopic (exact) mass is 276 g/mol. The highest BCUT2D eigenvalue weighted by Gasteiger charge is 2.20. The molecule has 1 rings (SSSR count). The van der Waals surface area contributed by atoms with Gasteiger partial charge in [-0.25, -0.2) is 0 Å². The number of nitrogens with zero attached hydrogens (tertiary/aromatic N) is 1. The second-order valence-electron chi connectivity index (χ2n) is 2.84. The summed E-state index contributed by atoms with van der Waals surface area (Å²) >= 11 is 10.5. The maximum absolute atomic E-state index is 11.5. The SMILES string of the molecule is O=C(NC=C(Cl)Cl)c1cccc([N+](=O)[O-])c1O. The molecule has 1 aromatic carbocycles. The molecule has 0 spiro atoms. The van der Waals surface area contributed by atoms with E-state index in [2.05, 4.69) is 5.32 Å². The quantitative estimate of drug-likeness (QED) is 0.654. The van der Waals surface area contributed by atoms with E-state index >= 15 is 0 Å². The van der Waals surface area contributed by atoms with Gasteiger partial charge in [0.15, 0.2) is 0 Å². The van der Waals surface area contributed by atoms with Crippen molar-refractivity contribution in [3.8, 4) is 5.75 Å². The first-order valence-electron chi connectivity index (χ1n) is 4.22.